The van der Waals surface area contributed by atoms with Crippen molar-refractivity contribution in [2.24, 2.45) is 0 Å². The van der Waals surface area contributed by atoms with Crippen LogP contribution < -0.4 is 15.4 Å². The lowest BCUT2D eigenvalue weighted by Gasteiger charge is -2.13. The fourth-order valence-corrected chi connectivity index (χ4v) is 4.55. The predicted octanol–water partition coefficient (Wildman–Crippen LogP) is 2.04. The summed E-state index contributed by atoms with van der Waals surface area (Å²) in [5.74, 6) is 1.47. The number of nitrogens with one attached hydrogen (secondary N) is 2. The molecule has 1 saturated heterocycles. The molecular weight excluding hydrogens is 368 g/mol. The van der Waals surface area contributed by atoms with E-state index in [0.29, 0.717) is 30.4 Å². The molecule has 1 atom stereocenters. The summed E-state index contributed by atoms with van der Waals surface area (Å²) in [4.78, 5) is 20.9. The van der Waals surface area contributed by atoms with Gasteiger partial charge in [-0.05, 0) is 44.5 Å². The summed E-state index contributed by atoms with van der Waals surface area (Å²) in [7, 11) is -3.00. The Labute approximate surface area is 158 Å². The molecule has 8 nitrogen and oxygen atoms in total. The second-order valence-electron chi connectivity index (χ2n) is 6.34. The van der Waals surface area contributed by atoms with E-state index < -0.39 is 9.84 Å². The van der Waals surface area contributed by atoms with Crippen LogP contribution in [0.5, 0.6) is 5.75 Å². The summed E-state index contributed by atoms with van der Waals surface area (Å²) >= 11 is 0. The molecule has 0 bridgehead atoms. The molecule has 9 heteroatoms. The van der Waals surface area contributed by atoms with Crippen LogP contribution in [0.2, 0.25) is 0 Å². The number of benzene rings is 1. The van der Waals surface area contributed by atoms with Crippen LogP contribution in [0, 0.1) is 6.92 Å². The Morgan fingerprint density at radius 3 is 2.63 bits per heavy atom. The summed E-state index contributed by atoms with van der Waals surface area (Å²) in [6.45, 7) is 4.16. The quantitative estimate of drug-likeness (QED) is 0.776. The van der Waals surface area contributed by atoms with Gasteiger partial charge in [-0.1, -0.05) is 0 Å². The van der Waals surface area contributed by atoms with Crippen LogP contribution in [0.1, 0.15) is 29.7 Å². The molecule has 0 aliphatic carbocycles. The normalized spacial score (nSPS) is 18.1. The molecule has 1 aromatic carbocycles. The van der Waals surface area contributed by atoms with E-state index in [1.54, 1.807) is 31.2 Å². The Kier molecular flexibility index (Phi) is 5.59. The third-order valence-electron chi connectivity index (χ3n) is 4.08. The van der Waals surface area contributed by atoms with E-state index in [1.165, 1.54) is 6.07 Å². The molecule has 0 spiro atoms. The molecule has 1 amide bonds. The van der Waals surface area contributed by atoms with Crippen LogP contribution in [0.3, 0.4) is 0 Å². The fourth-order valence-electron chi connectivity index (χ4n) is 2.87. The van der Waals surface area contributed by atoms with Crippen molar-refractivity contribution in [3.05, 3.63) is 41.9 Å². The van der Waals surface area contributed by atoms with Crippen molar-refractivity contribution in [1.29, 1.82) is 0 Å². The molecule has 1 aliphatic heterocycles. The first-order chi connectivity index (χ1) is 12.8. The highest BCUT2D eigenvalue weighted by Crippen LogP contribution is 2.19. The Morgan fingerprint density at radius 2 is 2.00 bits per heavy atom. The van der Waals surface area contributed by atoms with Crippen molar-refractivity contribution in [3.63, 3.8) is 0 Å². The first kappa shape index (κ1) is 19.1. The van der Waals surface area contributed by atoms with Crippen molar-refractivity contribution < 1.29 is 17.9 Å². The zero-order valence-corrected chi connectivity index (χ0v) is 16.0. The van der Waals surface area contributed by atoms with Crippen molar-refractivity contribution in [3.8, 4) is 5.75 Å². The third-order valence-corrected chi connectivity index (χ3v) is 5.85. The van der Waals surface area contributed by atoms with Gasteiger partial charge in [0, 0.05) is 17.8 Å². The number of amides is 1. The van der Waals surface area contributed by atoms with Gasteiger partial charge in [0.25, 0.3) is 5.91 Å². The number of rotatable bonds is 6. The van der Waals surface area contributed by atoms with E-state index >= 15 is 0 Å². The number of hydrogen-bond acceptors (Lipinski definition) is 7. The third kappa shape index (κ3) is 5.16. The standard InChI is InChI=1S/C18H22N4O4S/c1-3-26-15-6-4-13(5-7-15)22-18(23)16-10-17(20-12(2)19-16)21-14-8-9-27(24,25)11-14/h4-7,10,14H,3,8-9,11H2,1-2H3,(H,22,23)(H,19,20,21). The number of aryl methyl sites for hydroxylation is 1. The minimum Gasteiger partial charge on any atom is -0.494 e. The second-order valence-corrected chi connectivity index (χ2v) is 8.57. The number of hydrogen-bond donors (Lipinski definition) is 2. The molecular formula is C18H22N4O4S. The average molecular weight is 390 g/mol. The van der Waals surface area contributed by atoms with Crippen LogP contribution in [-0.4, -0.2) is 48.4 Å². The van der Waals surface area contributed by atoms with Gasteiger partial charge in [0.05, 0.1) is 18.1 Å². The number of nitrogens with zero attached hydrogens (tertiary/aromatic N) is 2. The van der Waals surface area contributed by atoms with Crippen LogP contribution in [0.15, 0.2) is 30.3 Å². The summed E-state index contributed by atoms with van der Waals surface area (Å²) in [5, 5.41) is 5.87. The molecule has 144 valence electrons. The largest absolute Gasteiger partial charge is 0.494 e. The van der Waals surface area contributed by atoms with E-state index in [4.69, 9.17) is 4.74 Å². The summed E-state index contributed by atoms with van der Waals surface area (Å²) in [6.07, 6.45) is 0.527. The number of carbonyl (C=O) groups excluding carboxylic acids is 1. The van der Waals surface area contributed by atoms with Gasteiger partial charge in [-0.25, -0.2) is 18.4 Å². The van der Waals surface area contributed by atoms with E-state index in [9.17, 15) is 13.2 Å². The van der Waals surface area contributed by atoms with Gasteiger partial charge in [0.1, 0.15) is 23.1 Å². The Balaban J connectivity index is 1.70. The molecule has 2 aromatic rings. The zero-order chi connectivity index (χ0) is 19.4. The molecule has 0 saturated carbocycles. The maximum absolute atomic E-state index is 12.5. The van der Waals surface area contributed by atoms with Crippen molar-refractivity contribution in [2.75, 3.05) is 28.7 Å². The lowest BCUT2D eigenvalue weighted by molar-refractivity contribution is 0.102. The Hall–Kier alpha value is -2.68. The maximum Gasteiger partial charge on any atom is 0.274 e. The van der Waals surface area contributed by atoms with E-state index in [2.05, 4.69) is 20.6 Å². The van der Waals surface area contributed by atoms with Gasteiger partial charge in [0.2, 0.25) is 0 Å². The Bertz CT molecular complexity index is 929. The van der Waals surface area contributed by atoms with Gasteiger partial charge in [0.15, 0.2) is 9.84 Å². The summed E-state index contributed by atoms with van der Waals surface area (Å²) in [6, 6.07) is 8.38. The van der Waals surface area contributed by atoms with E-state index in [1.807, 2.05) is 6.92 Å². The minimum atomic E-state index is -3.00. The van der Waals surface area contributed by atoms with Gasteiger partial charge in [-0.15, -0.1) is 0 Å². The van der Waals surface area contributed by atoms with Gasteiger partial charge in [-0.3, -0.25) is 4.79 Å². The highest BCUT2D eigenvalue weighted by atomic mass is 32.2. The minimum absolute atomic E-state index is 0.0732. The second kappa shape index (κ2) is 7.91. The van der Waals surface area contributed by atoms with Crippen LogP contribution in [0.25, 0.3) is 0 Å². The lowest BCUT2D eigenvalue weighted by atomic mass is 10.2. The van der Waals surface area contributed by atoms with Gasteiger partial charge < -0.3 is 15.4 Å². The zero-order valence-electron chi connectivity index (χ0n) is 15.2. The SMILES string of the molecule is CCOc1ccc(NC(=O)c2cc(NC3CCS(=O)(=O)C3)nc(C)n2)cc1. The van der Waals surface area contributed by atoms with Crippen LogP contribution in [0.4, 0.5) is 11.5 Å². The molecule has 2 heterocycles. The molecule has 27 heavy (non-hydrogen) atoms. The number of aromatic nitrogens is 2. The predicted molar refractivity (Wildman–Crippen MR) is 103 cm³/mol. The van der Waals surface area contributed by atoms with Gasteiger partial charge >= 0.3 is 0 Å². The van der Waals surface area contributed by atoms with Crippen LogP contribution in [-0.2, 0) is 9.84 Å². The first-order valence-corrected chi connectivity index (χ1v) is 10.5. The molecule has 3 rings (SSSR count). The maximum atomic E-state index is 12.5. The Morgan fingerprint density at radius 1 is 1.26 bits per heavy atom. The van der Waals surface area contributed by atoms with Gasteiger partial charge in [-0.2, -0.15) is 0 Å². The molecule has 1 fully saturated rings. The number of anilines is 2. The number of carbonyl (C=O) groups is 1. The highest BCUT2D eigenvalue weighted by Gasteiger charge is 2.28. The summed E-state index contributed by atoms with van der Waals surface area (Å²) in [5.41, 5.74) is 0.829. The number of ether oxygens (including phenoxy) is 1. The molecule has 1 unspecified atom stereocenters. The lowest BCUT2D eigenvalue weighted by Crippen LogP contribution is -2.22. The molecule has 1 aliphatic rings. The van der Waals surface area contributed by atoms with E-state index in [-0.39, 0.29) is 29.1 Å². The molecule has 0 radical (unpaired) electrons. The van der Waals surface area contributed by atoms with Crippen LogP contribution >= 0.6 is 0 Å². The molecule has 1 aromatic heterocycles. The smallest absolute Gasteiger partial charge is 0.274 e. The topological polar surface area (TPSA) is 110 Å². The fraction of sp³-hybridized carbons (Fsp3) is 0.389. The van der Waals surface area contributed by atoms with E-state index in [0.717, 1.165) is 5.75 Å². The monoisotopic (exact) mass is 390 g/mol. The van der Waals surface area contributed by atoms with Crippen molar-refractivity contribution in [2.45, 2.75) is 26.3 Å². The highest BCUT2D eigenvalue weighted by molar-refractivity contribution is 7.91. The number of sulfone groups is 1. The van der Waals surface area contributed by atoms with Crippen molar-refractivity contribution >= 4 is 27.2 Å². The molecule has 2 N–H and O–H groups in total. The summed E-state index contributed by atoms with van der Waals surface area (Å²) < 4.78 is 28.6. The first-order valence-electron chi connectivity index (χ1n) is 8.71. The van der Waals surface area contributed by atoms with Crippen molar-refractivity contribution in [1.82, 2.24) is 9.97 Å². The average Bonchev–Trinajstić information content (AvgIpc) is 2.95.